The fourth-order valence-electron chi connectivity index (χ4n) is 3.83. The standard InChI is InChI=1S/C29H34BrN3O5S/c1-5-21(2)31-29(35)22(3)32(19-23-11-17-26(38-4)18-12-23)28(34)20-33(25-15-13-24(30)14-16-25)39(36,37)27-9-7-6-8-10-27/h6-18,21-22H,5,19-20H2,1-4H3,(H,31,35)/t21-,22-/m1/s1. The smallest absolute Gasteiger partial charge is 0.264 e. The third kappa shape index (κ3) is 7.83. The molecule has 2 atom stereocenters. The van der Waals surface area contributed by atoms with Gasteiger partial charge in [-0.1, -0.05) is 53.2 Å². The molecule has 0 saturated carbocycles. The van der Waals surface area contributed by atoms with Crippen molar-refractivity contribution < 1.29 is 22.7 Å². The minimum absolute atomic E-state index is 0.0602. The largest absolute Gasteiger partial charge is 0.497 e. The maximum Gasteiger partial charge on any atom is 0.264 e. The van der Waals surface area contributed by atoms with Crippen LogP contribution < -0.4 is 14.4 Å². The monoisotopic (exact) mass is 615 g/mol. The van der Waals surface area contributed by atoms with Crippen molar-refractivity contribution in [3.8, 4) is 5.75 Å². The van der Waals surface area contributed by atoms with Crippen molar-refractivity contribution in [1.82, 2.24) is 10.2 Å². The topological polar surface area (TPSA) is 96.0 Å². The lowest BCUT2D eigenvalue weighted by molar-refractivity contribution is -0.139. The van der Waals surface area contributed by atoms with Crippen LogP contribution in [0.2, 0.25) is 0 Å². The lowest BCUT2D eigenvalue weighted by atomic mass is 10.1. The number of sulfonamides is 1. The molecule has 0 aromatic heterocycles. The van der Waals surface area contributed by atoms with E-state index in [1.807, 2.05) is 26.0 Å². The Morgan fingerprint density at radius 2 is 1.56 bits per heavy atom. The summed E-state index contributed by atoms with van der Waals surface area (Å²) in [6, 6.07) is 20.9. The second-order valence-electron chi connectivity index (χ2n) is 9.16. The lowest BCUT2D eigenvalue weighted by Gasteiger charge is -2.32. The van der Waals surface area contributed by atoms with Crippen LogP contribution in [0, 0.1) is 0 Å². The van der Waals surface area contributed by atoms with Gasteiger partial charge < -0.3 is 15.0 Å². The average Bonchev–Trinajstić information content (AvgIpc) is 2.95. The van der Waals surface area contributed by atoms with E-state index in [4.69, 9.17) is 4.74 Å². The number of methoxy groups -OCH3 is 1. The zero-order chi connectivity index (χ0) is 28.6. The predicted molar refractivity (Wildman–Crippen MR) is 156 cm³/mol. The SMILES string of the molecule is CC[C@@H](C)NC(=O)[C@@H](C)N(Cc1ccc(OC)cc1)C(=O)CN(c1ccc(Br)cc1)S(=O)(=O)c1ccccc1. The maximum absolute atomic E-state index is 13.9. The van der Waals surface area contributed by atoms with Gasteiger partial charge in [0.05, 0.1) is 17.7 Å². The van der Waals surface area contributed by atoms with Gasteiger partial charge in [0.15, 0.2) is 0 Å². The molecule has 2 amide bonds. The van der Waals surface area contributed by atoms with Gasteiger partial charge in [0, 0.05) is 17.1 Å². The van der Waals surface area contributed by atoms with Gasteiger partial charge in [-0.2, -0.15) is 0 Å². The summed E-state index contributed by atoms with van der Waals surface area (Å²) >= 11 is 3.38. The molecule has 0 bridgehead atoms. The number of hydrogen-bond acceptors (Lipinski definition) is 5. The van der Waals surface area contributed by atoms with Crippen molar-refractivity contribution in [1.29, 1.82) is 0 Å². The minimum atomic E-state index is -4.09. The molecule has 3 aromatic rings. The Morgan fingerprint density at radius 1 is 0.949 bits per heavy atom. The second-order valence-corrected chi connectivity index (χ2v) is 11.9. The maximum atomic E-state index is 13.9. The molecule has 3 aromatic carbocycles. The highest BCUT2D eigenvalue weighted by Crippen LogP contribution is 2.26. The summed E-state index contributed by atoms with van der Waals surface area (Å²) in [4.78, 5) is 28.5. The van der Waals surface area contributed by atoms with Crippen LogP contribution in [0.15, 0.2) is 88.2 Å². The molecule has 0 saturated heterocycles. The normalized spacial score (nSPS) is 12.7. The van der Waals surface area contributed by atoms with Crippen molar-refractivity contribution in [2.45, 2.75) is 50.7 Å². The third-order valence-corrected chi connectivity index (χ3v) is 8.72. The highest BCUT2D eigenvalue weighted by molar-refractivity contribution is 9.10. The molecule has 0 unspecified atom stereocenters. The Hall–Kier alpha value is -3.37. The van der Waals surface area contributed by atoms with E-state index in [0.717, 1.165) is 20.8 Å². The molecule has 0 aliphatic heterocycles. The minimum Gasteiger partial charge on any atom is -0.497 e. The van der Waals surface area contributed by atoms with Crippen LogP contribution in [-0.4, -0.2) is 50.9 Å². The van der Waals surface area contributed by atoms with Gasteiger partial charge in [0.25, 0.3) is 10.0 Å². The molecular formula is C29H34BrN3O5S. The van der Waals surface area contributed by atoms with Gasteiger partial charge in [-0.3, -0.25) is 13.9 Å². The second kappa shape index (κ2) is 13.6. The van der Waals surface area contributed by atoms with E-state index in [1.165, 1.54) is 17.0 Å². The lowest BCUT2D eigenvalue weighted by Crippen LogP contribution is -2.52. The van der Waals surface area contributed by atoms with Crippen molar-refractivity contribution >= 4 is 43.5 Å². The first-order valence-electron chi connectivity index (χ1n) is 12.6. The fourth-order valence-corrected chi connectivity index (χ4v) is 5.53. The number of hydrogen-bond donors (Lipinski definition) is 1. The number of nitrogens with one attached hydrogen (secondary N) is 1. The number of anilines is 1. The number of benzene rings is 3. The predicted octanol–water partition coefficient (Wildman–Crippen LogP) is 4.99. The number of carbonyl (C=O) groups excluding carboxylic acids is 2. The van der Waals surface area contributed by atoms with Crippen LogP contribution in [0.5, 0.6) is 5.75 Å². The zero-order valence-corrected chi connectivity index (χ0v) is 24.9. The molecule has 208 valence electrons. The molecule has 0 aliphatic carbocycles. The van der Waals surface area contributed by atoms with E-state index in [0.29, 0.717) is 11.4 Å². The van der Waals surface area contributed by atoms with Crippen LogP contribution >= 0.6 is 15.9 Å². The van der Waals surface area contributed by atoms with Gasteiger partial charge in [0.1, 0.15) is 18.3 Å². The van der Waals surface area contributed by atoms with Crippen LogP contribution in [0.3, 0.4) is 0 Å². The first-order valence-corrected chi connectivity index (χ1v) is 14.9. The van der Waals surface area contributed by atoms with E-state index < -0.39 is 28.5 Å². The summed E-state index contributed by atoms with van der Waals surface area (Å²) in [5.74, 6) is -0.165. The number of amides is 2. The van der Waals surface area contributed by atoms with Crippen molar-refractivity contribution in [2.75, 3.05) is 18.0 Å². The van der Waals surface area contributed by atoms with E-state index >= 15 is 0 Å². The molecule has 3 rings (SSSR count). The van der Waals surface area contributed by atoms with Crippen LogP contribution in [0.25, 0.3) is 0 Å². The molecule has 0 aliphatic rings. The summed E-state index contributed by atoms with van der Waals surface area (Å²) < 4.78 is 34.6. The van der Waals surface area contributed by atoms with Gasteiger partial charge >= 0.3 is 0 Å². The molecule has 0 fully saturated rings. The summed E-state index contributed by atoms with van der Waals surface area (Å²) in [6.07, 6.45) is 0.734. The summed E-state index contributed by atoms with van der Waals surface area (Å²) in [6.45, 7) is 5.12. The number of ether oxygens (including phenoxy) is 1. The molecule has 10 heteroatoms. The number of halogens is 1. The Labute approximate surface area is 239 Å². The van der Waals surface area contributed by atoms with Crippen molar-refractivity contribution in [3.05, 3.63) is 88.9 Å². The Balaban J connectivity index is 2.00. The Bertz CT molecular complexity index is 1350. The highest BCUT2D eigenvalue weighted by Gasteiger charge is 2.32. The van der Waals surface area contributed by atoms with E-state index in [2.05, 4.69) is 21.2 Å². The van der Waals surface area contributed by atoms with Crippen molar-refractivity contribution in [2.24, 2.45) is 0 Å². The molecule has 1 N–H and O–H groups in total. The van der Waals surface area contributed by atoms with E-state index in [-0.39, 0.29) is 23.4 Å². The molecular weight excluding hydrogens is 582 g/mol. The molecule has 0 heterocycles. The summed E-state index contributed by atoms with van der Waals surface area (Å²) in [7, 11) is -2.53. The number of nitrogens with zero attached hydrogens (tertiary/aromatic N) is 2. The average molecular weight is 617 g/mol. The highest BCUT2D eigenvalue weighted by atomic mass is 79.9. The Morgan fingerprint density at radius 3 is 2.13 bits per heavy atom. The van der Waals surface area contributed by atoms with E-state index in [1.54, 1.807) is 68.6 Å². The summed E-state index contributed by atoms with van der Waals surface area (Å²) in [5, 5.41) is 2.93. The molecule has 0 spiro atoms. The number of carbonyl (C=O) groups is 2. The molecule has 39 heavy (non-hydrogen) atoms. The quantitative estimate of drug-likeness (QED) is 0.310. The molecule has 0 radical (unpaired) electrons. The number of rotatable bonds is 12. The third-order valence-electron chi connectivity index (χ3n) is 6.40. The van der Waals surface area contributed by atoms with Crippen LogP contribution in [0.4, 0.5) is 5.69 Å². The molecule has 8 nitrogen and oxygen atoms in total. The van der Waals surface area contributed by atoms with Crippen LogP contribution in [0.1, 0.15) is 32.8 Å². The van der Waals surface area contributed by atoms with E-state index in [9.17, 15) is 18.0 Å². The van der Waals surface area contributed by atoms with Gasteiger partial charge in [-0.15, -0.1) is 0 Å². The van der Waals surface area contributed by atoms with Gasteiger partial charge in [0.2, 0.25) is 11.8 Å². The Kier molecular flexibility index (Phi) is 10.5. The van der Waals surface area contributed by atoms with Gasteiger partial charge in [-0.05, 0) is 74.4 Å². The zero-order valence-electron chi connectivity index (χ0n) is 22.5. The van der Waals surface area contributed by atoms with Crippen LogP contribution in [-0.2, 0) is 26.2 Å². The fraction of sp³-hybridized carbons (Fsp3) is 0.310. The first-order chi connectivity index (χ1) is 18.6. The van der Waals surface area contributed by atoms with Crippen molar-refractivity contribution in [3.63, 3.8) is 0 Å². The first kappa shape index (κ1) is 30.2. The summed E-state index contributed by atoms with van der Waals surface area (Å²) in [5.41, 5.74) is 1.10. The van der Waals surface area contributed by atoms with Gasteiger partial charge in [-0.25, -0.2) is 8.42 Å².